The topological polar surface area (TPSA) is 107 Å². The summed E-state index contributed by atoms with van der Waals surface area (Å²) in [4.78, 5) is 23.7. The van der Waals surface area contributed by atoms with Crippen LogP contribution in [0.15, 0.2) is 30.3 Å². The van der Waals surface area contributed by atoms with E-state index in [1.54, 1.807) is 13.0 Å². The third-order valence-corrected chi connectivity index (χ3v) is 6.63. The average molecular weight is 456 g/mol. The molecule has 1 amide bonds. The van der Waals surface area contributed by atoms with Gasteiger partial charge in [-0.3, -0.25) is 4.79 Å². The molecule has 1 N–H and O–H groups in total. The Morgan fingerprint density at radius 2 is 2.13 bits per heavy atom. The molecule has 1 aliphatic rings. The molecule has 0 aliphatic carbocycles. The molecular weight excluding hydrogens is 437 g/mol. The minimum atomic E-state index is -3.10. The summed E-state index contributed by atoms with van der Waals surface area (Å²) in [5.41, 5.74) is 0.956. The average Bonchev–Trinajstić information content (AvgIpc) is 3.18. The molecule has 30 heavy (non-hydrogen) atoms. The number of ether oxygens (including phenoxy) is 1. The SMILES string of the molecule is Cc1nn([C@H]2CCS(=O)(=O)C2)c(Cl)c1/C=C/C(=O)OCC(=O)Nc1ccccc1F. The summed E-state index contributed by atoms with van der Waals surface area (Å²) in [6.45, 7) is 1.09. The van der Waals surface area contributed by atoms with Gasteiger partial charge in [0.15, 0.2) is 16.4 Å². The predicted molar refractivity (Wildman–Crippen MR) is 109 cm³/mol. The Bertz CT molecular complexity index is 1110. The first-order chi connectivity index (χ1) is 14.2. The number of hydrogen-bond acceptors (Lipinski definition) is 6. The molecule has 1 fully saturated rings. The van der Waals surface area contributed by atoms with Crippen molar-refractivity contribution in [1.82, 2.24) is 9.78 Å². The molecule has 1 aromatic carbocycles. The van der Waals surface area contributed by atoms with Crippen LogP contribution >= 0.6 is 11.6 Å². The van der Waals surface area contributed by atoms with E-state index in [9.17, 15) is 22.4 Å². The standard InChI is InChI=1S/C19H19ClFN3O5S/c1-12-14(19(20)24(23-12)13-8-9-30(27,28)11-13)6-7-18(26)29-10-17(25)22-16-5-3-2-4-15(16)21/h2-7,13H,8-11H2,1H3,(H,22,25)/b7-6+/t13-/m0/s1. The Kier molecular flexibility index (Phi) is 6.57. The summed E-state index contributed by atoms with van der Waals surface area (Å²) in [6.07, 6.45) is 2.90. The molecule has 0 spiro atoms. The number of carbonyl (C=O) groups is 2. The minimum Gasteiger partial charge on any atom is -0.452 e. The van der Waals surface area contributed by atoms with Gasteiger partial charge in [-0.05, 0) is 31.6 Å². The molecule has 0 unspecified atom stereocenters. The van der Waals surface area contributed by atoms with Crippen molar-refractivity contribution in [2.24, 2.45) is 0 Å². The van der Waals surface area contributed by atoms with Gasteiger partial charge in [0, 0.05) is 11.6 Å². The monoisotopic (exact) mass is 455 g/mol. The van der Waals surface area contributed by atoms with Gasteiger partial charge in [0.2, 0.25) is 0 Å². The van der Waals surface area contributed by atoms with Crippen molar-refractivity contribution in [1.29, 1.82) is 0 Å². The van der Waals surface area contributed by atoms with Crippen LogP contribution in [0.5, 0.6) is 0 Å². The predicted octanol–water partition coefficient (Wildman–Crippen LogP) is 2.54. The molecular formula is C19H19ClFN3O5S. The number of benzene rings is 1. The summed E-state index contributed by atoms with van der Waals surface area (Å²) in [5, 5.41) is 6.80. The summed E-state index contributed by atoms with van der Waals surface area (Å²) in [5.74, 6) is -2.04. The number of halogens is 2. The highest BCUT2D eigenvalue weighted by molar-refractivity contribution is 7.91. The first-order valence-corrected chi connectivity index (χ1v) is 11.2. The molecule has 1 atom stereocenters. The third kappa shape index (κ3) is 5.25. The fraction of sp³-hybridized carbons (Fsp3) is 0.316. The molecule has 2 aromatic rings. The van der Waals surface area contributed by atoms with Crippen LogP contribution in [0.2, 0.25) is 5.15 Å². The van der Waals surface area contributed by atoms with E-state index in [4.69, 9.17) is 16.3 Å². The maximum atomic E-state index is 13.5. The highest BCUT2D eigenvalue weighted by Crippen LogP contribution is 2.30. The summed E-state index contributed by atoms with van der Waals surface area (Å²) >= 11 is 6.32. The molecule has 8 nitrogen and oxygen atoms in total. The van der Waals surface area contributed by atoms with Crippen molar-refractivity contribution in [3.05, 3.63) is 52.6 Å². The van der Waals surface area contributed by atoms with Crippen LogP contribution in [-0.2, 0) is 24.2 Å². The summed E-state index contributed by atoms with van der Waals surface area (Å²) in [7, 11) is -3.10. The van der Waals surface area contributed by atoms with E-state index in [1.807, 2.05) is 0 Å². The van der Waals surface area contributed by atoms with Gasteiger partial charge in [0.25, 0.3) is 5.91 Å². The molecule has 0 bridgehead atoms. The zero-order valence-electron chi connectivity index (χ0n) is 16.0. The van der Waals surface area contributed by atoms with Gasteiger partial charge >= 0.3 is 5.97 Å². The van der Waals surface area contributed by atoms with Crippen LogP contribution in [0.3, 0.4) is 0 Å². The van der Waals surface area contributed by atoms with Crippen LogP contribution in [0.1, 0.15) is 23.7 Å². The lowest BCUT2D eigenvalue weighted by Crippen LogP contribution is -2.20. The second-order valence-electron chi connectivity index (χ2n) is 6.76. The van der Waals surface area contributed by atoms with Crippen molar-refractivity contribution in [2.75, 3.05) is 23.4 Å². The van der Waals surface area contributed by atoms with Crippen molar-refractivity contribution < 1.29 is 27.1 Å². The maximum absolute atomic E-state index is 13.5. The van der Waals surface area contributed by atoms with Gasteiger partial charge < -0.3 is 10.1 Å². The first kappa shape index (κ1) is 22.0. The van der Waals surface area contributed by atoms with Crippen LogP contribution in [-0.4, -0.2) is 48.2 Å². The number of nitrogens with zero attached hydrogens (tertiary/aromatic N) is 2. The fourth-order valence-corrected chi connectivity index (χ4v) is 5.08. The number of anilines is 1. The van der Waals surface area contributed by atoms with Crippen molar-refractivity contribution in [3.8, 4) is 0 Å². The van der Waals surface area contributed by atoms with Crippen LogP contribution in [0.25, 0.3) is 6.08 Å². The molecule has 1 aliphatic heterocycles. The smallest absolute Gasteiger partial charge is 0.331 e. The fourth-order valence-electron chi connectivity index (χ4n) is 3.02. The van der Waals surface area contributed by atoms with E-state index in [2.05, 4.69) is 10.4 Å². The van der Waals surface area contributed by atoms with E-state index >= 15 is 0 Å². The molecule has 1 saturated heterocycles. The molecule has 3 rings (SSSR count). The Labute approximate surface area is 177 Å². The van der Waals surface area contributed by atoms with Gasteiger partial charge in [-0.2, -0.15) is 5.10 Å². The van der Waals surface area contributed by atoms with Gasteiger partial charge in [0.1, 0.15) is 11.0 Å². The first-order valence-electron chi connectivity index (χ1n) is 9.00. The van der Waals surface area contributed by atoms with Crippen molar-refractivity contribution >= 4 is 45.1 Å². The number of para-hydroxylation sites is 1. The number of hydrogen-bond donors (Lipinski definition) is 1. The van der Waals surface area contributed by atoms with Crippen LogP contribution in [0.4, 0.5) is 10.1 Å². The normalized spacial score (nSPS) is 17.9. The molecule has 1 aromatic heterocycles. The number of rotatable bonds is 6. The van der Waals surface area contributed by atoms with Crippen LogP contribution in [0, 0.1) is 12.7 Å². The summed E-state index contributed by atoms with van der Waals surface area (Å²) in [6, 6.07) is 5.26. The highest BCUT2D eigenvalue weighted by Gasteiger charge is 2.31. The van der Waals surface area contributed by atoms with Gasteiger partial charge in [-0.15, -0.1) is 0 Å². The molecule has 2 heterocycles. The quantitative estimate of drug-likeness (QED) is 0.529. The van der Waals surface area contributed by atoms with E-state index in [-0.39, 0.29) is 28.4 Å². The second kappa shape index (κ2) is 8.97. The van der Waals surface area contributed by atoms with E-state index < -0.39 is 34.1 Å². The zero-order valence-corrected chi connectivity index (χ0v) is 17.5. The Morgan fingerprint density at radius 3 is 2.80 bits per heavy atom. The van der Waals surface area contributed by atoms with Gasteiger partial charge in [0.05, 0.1) is 28.9 Å². The molecule has 11 heteroatoms. The van der Waals surface area contributed by atoms with E-state index in [1.165, 1.54) is 29.0 Å². The number of carbonyl (C=O) groups excluding carboxylic acids is 2. The van der Waals surface area contributed by atoms with Crippen LogP contribution < -0.4 is 5.32 Å². The van der Waals surface area contributed by atoms with E-state index in [0.717, 1.165) is 6.08 Å². The molecule has 0 radical (unpaired) electrons. The van der Waals surface area contributed by atoms with E-state index in [0.29, 0.717) is 17.7 Å². The lowest BCUT2D eigenvalue weighted by atomic mass is 10.2. The maximum Gasteiger partial charge on any atom is 0.331 e. The van der Waals surface area contributed by atoms with Crippen molar-refractivity contribution in [3.63, 3.8) is 0 Å². The summed E-state index contributed by atoms with van der Waals surface area (Å²) < 4.78 is 43.2. The van der Waals surface area contributed by atoms with Gasteiger partial charge in [-0.25, -0.2) is 22.3 Å². The minimum absolute atomic E-state index is 0.0159. The number of sulfone groups is 1. The Morgan fingerprint density at radius 1 is 1.40 bits per heavy atom. The number of aromatic nitrogens is 2. The Hall–Kier alpha value is -2.72. The zero-order chi connectivity index (χ0) is 21.9. The number of aryl methyl sites for hydroxylation is 1. The highest BCUT2D eigenvalue weighted by atomic mass is 35.5. The largest absolute Gasteiger partial charge is 0.452 e. The third-order valence-electron chi connectivity index (χ3n) is 4.50. The lowest BCUT2D eigenvalue weighted by Gasteiger charge is -2.09. The second-order valence-corrected chi connectivity index (χ2v) is 9.35. The molecule has 160 valence electrons. The lowest BCUT2D eigenvalue weighted by molar-refractivity contribution is -0.142. The number of nitrogens with one attached hydrogen (secondary N) is 1. The number of amides is 1. The Balaban J connectivity index is 1.58. The molecule has 0 saturated carbocycles. The number of esters is 1. The van der Waals surface area contributed by atoms with Gasteiger partial charge in [-0.1, -0.05) is 23.7 Å². The van der Waals surface area contributed by atoms with Crippen molar-refractivity contribution in [2.45, 2.75) is 19.4 Å².